The van der Waals surface area contributed by atoms with Gasteiger partial charge < -0.3 is 10.1 Å². The van der Waals surface area contributed by atoms with E-state index < -0.39 is 32.9 Å². The first-order valence-electron chi connectivity index (χ1n) is 9.53. The molecule has 170 valence electrons. The molecule has 0 saturated heterocycles. The van der Waals surface area contributed by atoms with Crippen LogP contribution >= 0.6 is 0 Å². The van der Waals surface area contributed by atoms with Crippen molar-refractivity contribution in [1.29, 1.82) is 0 Å². The van der Waals surface area contributed by atoms with Crippen LogP contribution in [0.3, 0.4) is 0 Å². The van der Waals surface area contributed by atoms with Crippen LogP contribution in [0.1, 0.15) is 25.0 Å². The maximum absolute atomic E-state index is 13.6. The molecule has 0 fully saturated rings. The molecule has 10 heteroatoms. The Bertz CT molecular complexity index is 1200. The predicted octanol–water partition coefficient (Wildman–Crippen LogP) is 2.94. The number of benzene rings is 2. The number of nitrogens with zero attached hydrogens (tertiary/aromatic N) is 2. The van der Waals surface area contributed by atoms with Crippen LogP contribution in [0.2, 0.25) is 0 Å². The van der Waals surface area contributed by atoms with Gasteiger partial charge in [-0.25, -0.2) is 8.42 Å². The molecular weight excluding hydrogens is 434 g/mol. The number of terminal acetylenes is 1. The van der Waals surface area contributed by atoms with Gasteiger partial charge in [0.15, 0.2) is 0 Å². The van der Waals surface area contributed by atoms with Gasteiger partial charge in [0.1, 0.15) is 12.3 Å². The standard InChI is InChI=1S/C22H25N3O6S/c1-7-22(4,5)23-21(26)14-24(19-12-15(2)8-11-20(19)31-6)32(29,30)17-10-9-16(3)18(13-17)25(27)28/h1,8-13H,14H2,2-6H3,(H,23,26). The maximum atomic E-state index is 13.6. The Hall–Kier alpha value is -3.58. The van der Waals surface area contributed by atoms with E-state index in [1.165, 1.54) is 26.2 Å². The van der Waals surface area contributed by atoms with Crippen molar-refractivity contribution >= 4 is 27.3 Å². The first kappa shape index (κ1) is 24.7. The van der Waals surface area contributed by atoms with Gasteiger partial charge in [-0.05, 0) is 51.5 Å². The Labute approximate surface area is 187 Å². The largest absolute Gasteiger partial charge is 0.495 e. The maximum Gasteiger partial charge on any atom is 0.273 e. The van der Waals surface area contributed by atoms with Gasteiger partial charge in [-0.1, -0.05) is 18.1 Å². The van der Waals surface area contributed by atoms with Crippen LogP contribution in [0.4, 0.5) is 11.4 Å². The molecule has 2 aromatic rings. The quantitative estimate of drug-likeness (QED) is 0.368. The molecule has 32 heavy (non-hydrogen) atoms. The van der Waals surface area contributed by atoms with Gasteiger partial charge in [0, 0.05) is 11.6 Å². The number of methoxy groups -OCH3 is 1. The van der Waals surface area contributed by atoms with E-state index in [4.69, 9.17) is 11.2 Å². The average molecular weight is 460 g/mol. The van der Waals surface area contributed by atoms with Crippen molar-refractivity contribution in [3.8, 4) is 18.1 Å². The summed E-state index contributed by atoms with van der Waals surface area (Å²) in [5, 5.41) is 13.9. The third-order valence-electron chi connectivity index (χ3n) is 4.67. The molecule has 1 amide bonds. The van der Waals surface area contributed by atoms with Gasteiger partial charge in [0.2, 0.25) is 5.91 Å². The predicted molar refractivity (Wildman–Crippen MR) is 121 cm³/mol. The third-order valence-corrected chi connectivity index (χ3v) is 6.42. The van der Waals surface area contributed by atoms with Crippen LogP contribution in [0, 0.1) is 36.3 Å². The molecule has 9 nitrogen and oxygen atoms in total. The van der Waals surface area contributed by atoms with Crippen molar-refractivity contribution in [2.75, 3.05) is 18.0 Å². The number of nitrogens with one attached hydrogen (secondary N) is 1. The lowest BCUT2D eigenvalue weighted by Gasteiger charge is -2.28. The molecule has 0 aliphatic rings. The molecule has 0 bridgehead atoms. The lowest BCUT2D eigenvalue weighted by Crippen LogP contribution is -2.48. The number of nitro benzene ring substituents is 1. The van der Waals surface area contributed by atoms with E-state index in [2.05, 4.69) is 11.2 Å². The first-order chi connectivity index (χ1) is 14.8. The number of carbonyl (C=O) groups excluding carboxylic acids is 1. The molecule has 0 atom stereocenters. The Morgan fingerprint density at radius 1 is 1.25 bits per heavy atom. The molecule has 0 aliphatic carbocycles. The minimum absolute atomic E-state index is 0.115. The van der Waals surface area contributed by atoms with Gasteiger partial charge in [0.25, 0.3) is 15.7 Å². The number of hydrogen-bond donors (Lipinski definition) is 1. The van der Waals surface area contributed by atoms with Crippen LogP contribution < -0.4 is 14.4 Å². The summed E-state index contributed by atoms with van der Waals surface area (Å²) >= 11 is 0. The molecular formula is C22H25N3O6S. The van der Waals surface area contributed by atoms with E-state index in [1.807, 2.05) is 0 Å². The van der Waals surface area contributed by atoms with E-state index >= 15 is 0 Å². The zero-order valence-electron chi connectivity index (χ0n) is 18.5. The first-order valence-corrected chi connectivity index (χ1v) is 11.0. The zero-order chi connectivity index (χ0) is 24.3. The highest BCUT2D eigenvalue weighted by Gasteiger charge is 2.32. The number of amides is 1. The van der Waals surface area contributed by atoms with E-state index in [0.717, 1.165) is 15.9 Å². The molecule has 0 aromatic heterocycles. The van der Waals surface area contributed by atoms with Gasteiger partial charge in [0.05, 0.1) is 28.2 Å². The molecule has 0 spiro atoms. The SMILES string of the molecule is C#CC(C)(C)NC(=O)CN(c1cc(C)ccc1OC)S(=O)(=O)c1ccc(C)c([N+](=O)[O-])c1. The zero-order valence-corrected chi connectivity index (χ0v) is 19.3. The Morgan fingerprint density at radius 2 is 1.91 bits per heavy atom. The summed E-state index contributed by atoms with van der Waals surface area (Å²) in [6.45, 7) is 5.84. The molecule has 0 aliphatic heterocycles. The van der Waals surface area contributed by atoms with Crippen molar-refractivity contribution in [3.63, 3.8) is 0 Å². The molecule has 0 radical (unpaired) electrons. The van der Waals surface area contributed by atoms with E-state index in [0.29, 0.717) is 5.56 Å². The number of anilines is 1. The fourth-order valence-electron chi connectivity index (χ4n) is 2.92. The molecule has 0 unspecified atom stereocenters. The minimum Gasteiger partial charge on any atom is -0.495 e. The van der Waals surface area contributed by atoms with Gasteiger partial charge >= 0.3 is 0 Å². The highest BCUT2D eigenvalue weighted by Crippen LogP contribution is 2.34. The topological polar surface area (TPSA) is 119 Å². The number of ether oxygens (including phenoxy) is 1. The number of rotatable bonds is 8. The molecule has 1 N–H and O–H groups in total. The van der Waals surface area contributed by atoms with E-state index in [1.54, 1.807) is 39.0 Å². The fraction of sp³-hybridized carbons (Fsp3) is 0.318. The van der Waals surface area contributed by atoms with Crippen LogP contribution in [0.15, 0.2) is 41.3 Å². The van der Waals surface area contributed by atoms with Gasteiger partial charge in [-0.15, -0.1) is 6.42 Å². The van der Waals surface area contributed by atoms with Crippen molar-refractivity contribution in [2.24, 2.45) is 0 Å². The molecule has 0 saturated carbocycles. The second-order valence-corrected chi connectivity index (χ2v) is 9.57. The van der Waals surface area contributed by atoms with Crippen LogP contribution in [-0.2, 0) is 14.8 Å². The number of hydrogen-bond acceptors (Lipinski definition) is 6. The summed E-state index contributed by atoms with van der Waals surface area (Å²) in [4.78, 5) is 23.1. The highest BCUT2D eigenvalue weighted by atomic mass is 32.2. The van der Waals surface area contributed by atoms with Crippen molar-refractivity contribution < 1.29 is 22.9 Å². The Kier molecular flexibility index (Phi) is 7.16. The number of aryl methyl sites for hydroxylation is 2. The second kappa shape index (κ2) is 9.28. The smallest absolute Gasteiger partial charge is 0.273 e. The van der Waals surface area contributed by atoms with E-state index in [9.17, 15) is 23.3 Å². The summed E-state index contributed by atoms with van der Waals surface area (Å²) in [5.74, 6) is 1.98. The number of nitro groups is 1. The summed E-state index contributed by atoms with van der Waals surface area (Å²) in [6.07, 6.45) is 5.42. The number of carbonyl (C=O) groups is 1. The van der Waals surface area contributed by atoms with Crippen LogP contribution in [0.5, 0.6) is 5.75 Å². The third kappa shape index (κ3) is 5.36. The van der Waals surface area contributed by atoms with Crippen LogP contribution in [-0.4, -0.2) is 38.4 Å². The van der Waals surface area contributed by atoms with Gasteiger partial charge in [-0.2, -0.15) is 0 Å². The summed E-state index contributed by atoms with van der Waals surface area (Å²) in [6, 6.07) is 8.44. The summed E-state index contributed by atoms with van der Waals surface area (Å²) in [5.41, 5.74) is -0.210. The normalized spacial score (nSPS) is 11.4. The van der Waals surface area contributed by atoms with E-state index in [-0.39, 0.29) is 22.0 Å². The fourth-order valence-corrected chi connectivity index (χ4v) is 4.37. The van der Waals surface area contributed by atoms with Crippen molar-refractivity contribution in [2.45, 2.75) is 38.1 Å². The van der Waals surface area contributed by atoms with Crippen molar-refractivity contribution in [3.05, 3.63) is 57.6 Å². The second-order valence-electron chi connectivity index (χ2n) is 7.71. The average Bonchev–Trinajstić information content (AvgIpc) is 2.71. The lowest BCUT2D eigenvalue weighted by molar-refractivity contribution is -0.385. The molecule has 2 aromatic carbocycles. The monoisotopic (exact) mass is 459 g/mol. The van der Waals surface area contributed by atoms with Crippen LogP contribution in [0.25, 0.3) is 0 Å². The summed E-state index contributed by atoms with van der Waals surface area (Å²) < 4.78 is 33.4. The van der Waals surface area contributed by atoms with Gasteiger partial charge in [-0.3, -0.25) is 19.2 Å². The van der Waals surface area contributed by atoms with Crippen molar-refractivity contribution in [1.82, 2.24) is 5.32 Å². The molecule has 0 heterocycles. The Balaban J connectivity index is 2.67. The lowest BCUT2D eigenvalue weighted by atomic mass is 10.1. The highest BCUT2D eigenvalue weighted by molar-refractivity contribution is 7.92. The Morgan fingerprint density at radius 3 is 2.47 bits per heavy atom. The number of sulfonamides is 1. The molecule has 2 rings (SSSR count). The summed E-state index contributed by atoms with van der Waals surface area (Å²) in [7, 11) is -3.02. The minimum atomic E-state index is -4.40.